The number of rotatable bonds is 8. The van der Waals surface area contributed by atoms with E-state index in [1.807, 2.05) is 31.2 Å². The minimum atomic E-state index is -4.41. The van der Waals surface area contributed by atoms with Gasteiger partial charge < -0.3 is 16.0 Å². The van der Waals surface area contributed by atoms with Gasteiger partial charge in [0, 0.05) is 46.5 Å². The second kappa shape index (κ2) is 10.6. The van der Waals surface area contributed by atoms with Crippen molar-refractivity contribution in [3.05, 3.63) is 89.8 Å². The standard InChI is InChI=1S/C28H28F3N7/c1-17-14-25(35-26-16-24(37-38-26)19-6-3-4-7-19)36-27(32-17)34-23-12-10-22(11-13-23)33-18(2)20-8-5-9-21(15-20)28(29,30)31/h5,8-16,19,33H,2-4,6-7H2,1H3,(H3,32,34,35,36,37,38). The van der Waals surface area contributed by atoms with Crippen LogP contribution in [0.15, 0.2) is 67.2 Å². The summed E-state index contributed by atoms with van der Waals surface area (Å²) >= 11 is 0. The molecule has 1 aliphatic rings. The lowest BCUT2D eigenvalue weighted by molar-refractivity contribution is -0.137. The van der Waals surface area contributed by atoms with Gasteiger partial charge in [-0.3, -0.25) is 5.10 Å². The van der Waals surface area contributed by atoms with E-state index in [-0.39, 0.29) is 0 Å². The molecule has 2 heterocycles. The third-order valence-corrected chi connectivity index (χ3v) is 6.48. The van der Waals surface area contributed by atoms with E-state index in [9.17, 15) is 13.2 Å². The van der Waals surface area contributed by atoms with Crippen LogP contribution in [0.1, 0.15) is 54.1 Å². The second-order valence-electron chi connectivity index (χ2n) is 9.42. The molecule has 0 amide bonds. The molecule has 38 heavy (non-hydrogen) atoms. The number of nitrogens with one attached hydrogen (secondary N) is 4. The van der Waals surface area contributed by atoms with Gasteiger partial charge in [0.05, 0.1) is 5.56 Å². The number of hydrogen-bond acceptors (Lipinski definition) is 6. The van der Waals surface area contributed by atoms with Gasteiger partial charge in [0.25, 0.3) is 0 Å². The van der Waals surface area contributed by atoms with Gasteiger partial charge in [-0.15, -0.1) is 0 Å². The zero-order valence-corrected chi connectivity index (χ0v) is 20.9. The Kier molecular flexibility index (Phi) is 7.04. The summed E-state index contributed by atoms with van der Waals surface area (Å²) < 4.78 is 39.1. The van der Waals surface area contributed by atoms with Gasteiger partial charge in [0.15, 0.2) is 5.82 Å². The van der Waals surface area contributed by atoms with Crippen LogP contribution in [0.4, 0.5) is 42.1 Å². The van der Waals surface area contributed by atoms with Crippen LogP contribution in [0.2, 0.25) is 0 Å². The van der Waals surface area contributed by atoms with E-state index < -0.39 is 11.7 Å². The number of aromatic nitrogens is 4. The fourth-order valence-electron chi connectivity index (χ4n) is 4.56. The molecule has 2 aromatic carbocycles. The molecule has 0 bridgehead atoms. The summed E-state index contributed by atoms with van der Waals surface area (Å²) in [5.74, 6) is 2.31. The predicted octanol–water partition coefficient (Wildman–Crippen LogP) is 7.75. The maximum atomic E-state index is 13.0. The third-order valence-electron chi connectivity index (χ3n) is 6.48. The molecule has 1 saturated carbocycles. The summed E-state index contributed by atoms with van der Waals surface area (Å²) in [7, 11) is 0. The van der Waals surface area contributed by atoms with Crippen molar-refractivity contribution in [2.45, 2.75) is 44.7 Å². The maximum absolute atomic E-state index is 13.0. The molecule has 196 valence electrons. The summed E-state index contributed by atoms with van der Waals surface area (Å²) in [6, 6.07) is 16.2. The van der Waals surface area contributed by atoms with Gasteiger partial charge >= 0.3 is 6.18 Å². The van der Waals surface area contributed by atoms with Crippen molar-refractivity contribution < 1.29 is 13.2 Å². The molecule has 2 aromatic heterocycles. The number of H-pyrrole nitrogens is 1. The monoisotopic (exact) mass is 519 g/mol. The fraction of sp³-hybridized carbons (Fsp3) is 0.250. The number of aryl methyl sites for hydroxylation is 1. The van der Waals surface area contributed by atoms with Crippen LogP contribution in [-0.4, -0.2) is 20.2 Å². The maximum Gasteiger partial charge on any atom is 0.416 e. The Morgan fingerprint density at radius 1 is 0.921 bits per heavy atom. The van der Waals surface area contributed by atoms with E-state index in [1.165, 1.54) is 31.7 Å². The molecule has 7 nitrogen and oxygen atoms in total. The molecule has 1 aliphatic carbocycles. The summed E-state index contributed by atoms with van der Waals surface area (Å²) in [4.78, 5) is 9.03. The highest BCUT2D eigenvalue weighted by molar-refractivity contribution is 5.76. The van der Waals surface area contributed by atoms with Crippen molar-refractivity contribution in [3.8, 4) is 0 Å². The van der Waals surface area contributed by atoms with E-state index >= 15 is 0 Å². The Balaban J connectivity index is 1.22. The molecule has 4 N–H and O–H groups in total. The SMILES string of the molecule is C=C(Nc1ccc(Nc2nc(C)cc(Nc3cc(C4CCCC4)[nH]n3)n2)cc1)c1cccc(C(F)(F)F)c1. The highest BCUT2D eigenvalue weighted by atomic mass is 19.4. The molecular formula is C28H28F3N7. The van der Waals surface area contributed by atoms with Crippen LogP contribution < -0.4 is 16.0 Å². The number of benzene rings is 2. The number of nitrogens with zero attached hydrogens (tertiary/aromatic N) is 3. The summed E-state index contributed by atoms with van der Waals surface area (Å²) in [5.41, 5.74) is 3.38. The van der Waals surface area contributed by atoms with Gasteiger partial charge in [0.2, 0.25) is 5.95 Å². The van der Waals surface area contributed by atoms with Crippen molar-refractivity contribution in [2.24, 2.45) is 0 Å². The van der Waals surface area contributed by atoms with Gasteiger partial charge in [0.1, 0.15) is 5.82 Å². The number of alkyl halides is 3. The second-order valence-corrected chi connectivity index (χ2v) is 9.42. The summed E-state index contributed by atoms with van der Waals surface area (Å²) in [5, 5.41) is 17.0. The Labute approximate surface area is 218 Å². The Hall–Kier alpha value is -4.34. The number of anilines is 5. The first-order valence-corrected chi connectivity index (χ1v) is 12.4. The zero-order chi connectivity index (χ0) is 26.7. The van der Waals surface area contributed by atoms with E-state index in [2.05, 4.69) is 42.7 Å². The molecule has 4 aromatic rings. The smallest absolute Gasteiger partial charge is 0.356 e. The van der Waals surface area contributed by atoms with Crippen LogP contribution in [0.5, 0.6) is 0 Å². The number of halogens is 3. The average molecular weight is 520 g/mol. The van der Waals surface area contributed by atoms with Crippen molar-refractivity contribution in [1.29, 1.82) is 0 Å². The van der Waals surface area contributed by atoms with E-state index in [0.717, 1.165) is 29.2 Å². The molecule has 1 fully saturated rings. The Bertz CT molecular complexity index is 1420. The van der Waals surface area contributed by atoms with Crippen LogP contribution in [-0.2, 0) is 6.18 Å². The van der Waals surface area contributed by atoms with Gasteiger partial charge in [-0.05, 0) is 61.7 Å². The Morgan fingerprint density at radius 3 is 2.39 bits per heavy atom. The van der Waals surface area contributed by atoms with Crippen LogP contribution in [0, 0.1) is 6.92 Å². The fourth-order valence-corrected chi connectivity index (χ4v) is 4.56. The summed E-state index contributed by atoms with van der Waals surface area (Å²) in [6.45, 7) is 5.77. The van der Waals surface area contributed by atoms with E-state index in [1.54, 1.807) is 18.2 Å². The van der Waals surface area contributed by atoms with Crippen molar-refractivity contribution in [3.63, 3.8) is 0 Å². The minimum absolute atomic E-state index is 0.363. The normalized spacial score (nSPS) is 13.9. The minimum Gasteiger partial charge on any atom is -0.356 e. The van der Waals surface area contributed by atoms with Gasteiger partial charge in [-0.25, -0.2) is 4.98 Å². The van der Waals surface area contributed by atoms with E-state index in [4.69, 9.17) is 0 Å². The van der Waals surface area contributed by atoms with Crippen molar-refractivity contribution >= 4 is 34.7 Å². The lowest BCUT2D eigenvalue weighted by Crippen LogP contribution is -2.06. The van der Waals surface area contributed by atoms with Crippen LogP contribution in [0.25, 0.3) is 5.70 Å². The summed E-state index contributed by atoms with van der Waals surface area (Å²) in [6.07, 6.45) is 0.488. The first-order valence-electron chi connectivity index (χ1n) is 12.4. The molecule has 5 rings (SSSR count). The van der Waals surface area contributed by atoms with Crippen molar-refractivity contribution in [2.75, 3.05) is 16.0 Å². The first-order chi connectivity index (χ1) is 18.2. The van der Waals surface area contributed by atoms with Crippen LogP contribution in [0.3, 0.4) is 0 Å². The Morgan fingerprint density at radius 2 is 1.66 bits per heavy atom. The predicted molar refractivity (Wildman–Crippen MR) is 144 cm³/mol. The molecule has 0 spiro atoms. The highest BCUT2D eigenvalue weighted by Gasteiger charge is 2.30. The average Bonchev–Trinajstić information content (AvgIpc) is 3.57. The first kappa shape index (κ1) is 25.3. The number of aromatic amines is 1. The molecule has 0 unspecified atom stereocenters. The van der Waals surface area contributed by atoms with Gasteiger partial charge in [-0.1, -0.05) is 31.6 Å². The molecule has 0 saturated heterocycles. The molecule has 10 heteroatoms. The number of hydrogen-bond donors (Lipinski definition) is 4. The lowest BCUT2D eigenvalue weighted by atomic mass is 10.0. The molecular weight excluding hydrogens is 491 g/mol. The van der Waals surface area contributed by atoms with Crippen LogP contribution >= 0.6 is 0 Å². The van der Waals surface area contributed by atoms with Crippen molar-refractivity contribution in [1.82, 2.24) is 20.2 Å². The highest BCUT2D eigenvalue weighted by Crippen LogP contribution is 2.34. The molecule has 0 radical (unpaired) electrons. The topological polar surface area (TPSA) is 90.6 Å². The lowest BCUT2D eigenvalue weighted by Gasteiger charge is -2.13. The van der Waals surface area contributed by atoms with E-state index in [0.29, 0.717) is 40.4 Å². The quantitative estimate of drug-likeness (QED) is 0.190. The van der Waals surface area contributed by atoms with Gasteiger partial charge in [-0.2, -0.15) is 23.3 Å². The third kappa shape index (κ3) is 6.13. The molecule has 0 aliphatic heterocycles. The largest absolute Gasteiger partial charge is 0.416 e. The zero-order valence-electron chi connectivity index (χ0n) is 20.9. The molecule has 0 atom stereocenters.